The maximum atomic E-state index is 12.7. The Morgan fingerprint density at radius 1 is 1.44 bits per heavy atom. The number of aliphatic hydroxyl groups is 1. The lowest BCUT2D eigenvalue weighted by Crippen LogP contribution is -2.33. The van der Waals surface area contributed by atoms with Gasteiger partial charge in [-0.2, -0.15) is 0 Å². The largest absolute Gasteiger partial charge is 0.389 e. The van der Waals surface area contributed by atoms with Gasteiger partial charge in [-0.15, -0.1) is 0 Å². The third kappa shape index (κ3) is 3.62. The Balaban J connectivity index is 1.84. The molecule has 18 heavy (non-hydrogen) atoms. The van der Waals surface area contributed by atoms with Crippen LogP contribution in [0.25, 0.3) is 0 Å². The molecule has 0 aromatic heterocycles. The molecule has 0 spiro atoms. The Kier molecular flexibility index (Phi) is 3.78. The Hall–Kier alpha value is -1.26. The molecular formula is C14H18FNO2. The molecule has 2 rings (SSSR count). The van der Waals surface area contributed by atoms with E-state index in [1.54, 1.807) is 19.1 Å². The normalized spacial score (nSPS) is 24.4. The molecule has 1 aromatic rings. The van der Waals surface area contributed by atoms with Gasteiger partial charge in [-0.1, -0.05) is 12.1 Å². The fourth-order valence-electron chi connectivity index (χ4n) is 2.31. The lowest BCUT2D eigenvalue weighted by Gasteiger charge is -2.18. The second kappa shape index (κ2) is 5.16. The fraction of sp³-hybridized carbons (Fsp3) is 0.500. The molecule has 0 saturated carbocycles. The van der Waals surface area contributed by atoms with E-state index in [4.69, 9.17) is 0 Å². The van der Waals surface area contributed by atoms with Crippen LogP contribution in [0.15, 0.2) is 24.3 Å². The molecule has 98 valence electrons. The number of rotatable bonds is 4. The van der Waals surface area contributed by atoms with E-state index in [9.17, 15) is 14.3 Å². The fourth-order valence-corrected chi connectivity index (χ4v) is 2.31. The highest BCUT2D eigenvalue weighted by molar-refractivity contribution is 5.82. The van der Waals surface area contributed by atoms with Crippen LogP contribution in [0.5, 0.6) is 0 Å². The maximum Gasteiger partial charge on any atom is 0.151 e. The second-order valence-electron chi connectivity index (χ2n) is 5.30. The predicted octanol–water partition coefficient (Wildman–Crippen LogP) is 1.39. The molecule has 1 N–H and O–H groups in total. The number of benzene rings is 1. The standard InChI is InChI=1S/C14H18FNO2/c1-14(18)6-7-16(10-14)9-13(17)8-11-2-4-12(15)5-3-11/h2-5,18H,6-10H2,1H3. The number of nitrogens with zero attached hydrogens (tertiary/aromatic N) is 1. The van der Waals surface area contributed by atoms with E-state index in [1.165, 1.54) is 12.1 Å². The minimum atomic E-state index is -0.670. The van der Waals surface area contributed by atoms with Crippen molar-refractivity contribution in [1.29, 1.82) is 0 Å². The summed E-state index contributed by atoms with van der Waals surface area (Å²) >= 11 is 0. The van der Waals surface area contributed by atoms with Gasteiger partial charge in [0, 0.05) is 19.5 Å². The van der Waals surface area contributed by atoms with Crippen molar-refractivity contribution in [3.63, 3.8) is 0 Å². The van der Waals surface area contributed by atoms with Crippen LogP contribution < -0.4 is 0 Å². The lowest BCUT2D eigenvalue weighted by molar-refractivity contribution is -0.119. The Morgan fingerprint density at radius 3 is 2.67 bits per heavy atom. The van der Waals surface area contributed by atoms with E-state index < -0.39 is 5.60 Å². The van der Waals surface area contributed by atoms with Crippen molar-refractivity contribution in [3.8, 4) is 0 Å². The molecule has 1 saturated heterocycles. The first-order chi connectivity index (χ1) is 8.44. The monoisotopic (exact) mass is 251 g/mol. The minimum absolute atomic E-state index is 0.0966. The lowest BCUT2D eigenvalue weighted by atomic mass is 10.1. The summed E-state index contributed by atoms with van der Waals surface area (Å²) in [6.45, 7) is 3.44. The zero-order chi connectivity index (χ0) is 13.2. The zero-order valence-corrected chi connectivity index (χ0v) is 10.5. The number of carbonyl (C=O) groups is 1. The number of ketones is 1. The zero-order valence-electron chi connectivity index (χ0n) is 10.5. The summed E-state index contributed by atoms with van der Waals surface area (Å²) in [5.41, 5.74) is 0.156. The van der Waals surface area contributed by atoms with Crippen molar-refractivity contribution >= 4 is 5.78 Å². The first-order valence-corrected chi connectivity index (χ1v) is 6.15. The molecule has 1 atom stereocenters. The summed E-state index contributed by atoms with van der Waals surface area (Å²) in [5, 5.41) is 9.80. The Morgan fingerprint density at radius 2 is 2.11 bits per heavy atom. The average Bonchev–Trinajstić information content (AvgIpc) is 2.61. The van der Waals surface area contributed by atoms with Crippen molar-refractivity contribution < 1.29 is 14.3 Å². The molecule has 1 aliphatic heterocycles. The summed E-state index contributed by atoms with van der Waals surface area (Å²) in [6, 6.07) is 5.99. The molecule has 0 aliphatic carbocycles. The number of Topliss-reactive ketones (excluding diaryl/α,β-unsaturated/α-hetero) is 1. The van der Waals surface area contributed by atoms with Gasteiger partial charge in [-0.25, -0.2) is 4.39 Å². The van der Waals surface area contributed by atoms with E-state index in [1.807, 2.05) is 4.90 Å². The Bertz CT molecular complexity index is 428. The first kappa shape index (κ1) is 13.2. The Labute approximate surface area is 106 Å². The predicted molar refractivity (Wildman–Crippen MR) is 66.8 cm³/mol. The summed E-state index contributed by atoms with van der Waals surface area (Å²) < 4.78 is 12.7. The van der Waals surface area contributed by atoms with Crippen molar-refractivity contribution in [3.05, 3.63) is 35.6 Å². The molecule has 0 amide bonds. The summed E-state index contributed by atoms with van der Waals surface area (Å²) in [4.78, 5) is 13.8. The number of hydrogen-bond acceptors (Lipinski definition) is 3. The second-order valence-corrected chi connectivity index (χ2v) is 5.30. The van der Waals surface area contributed by atoms with Gasteiger partial charge in [0.2, 0.25) is 0 Å². The summed E-state index contributed by atoms with van der Waals surface area (Å²) in [6.07, 6.45) is 1.02. The maximum absolute atomic E-state index is 12.7. The molecule has 3 nitrogen and oxygen atoms in total. The highest BCUT2D eigenvalue weighted by Crippen LogP contribution is 2.19. The van der Waals surface area contributed by atoms with E-state index >= 15 is 0 Å². The van der Waals surface area contributed by atoms with Crippen LogP contribution in [-0.2, 0) is 11.2 Å². The van der Waals surface area contributed by atoms with Gasteiger partial charge in [0.05, 0.1) is 12.1 Å². The number of hydrogen-bond donors (Lipinski definition) is 1. The van der Waals surface area contributed by atoms with E-state index in [-0.39, 0.29) is 11.6 Å². The number of carbonyl (C=O) groups excluding carboxylic acids is 1. The van der Waals surface area contributed by atoms with Gasteiger partial charge in [0.15, 0.2) is 5.78 Å². The van der Waals surface area contributed by atoms with E-state index in [0.717, 1.165) is 12.1 Å². The molecule has 4 heteroatoms. The molecule has 1 fully saturated rings. The third-order valence-electron chi connectivity index (χ3n) is 3.25. The van der Waals surface area contributed by atoms with Crippen LogP contribution in [0, 0.1) is 5.82 Å². The van der Waals surface area contributed by atoms with Gasteiger partial charge >= 0.3 is 0 Å². The molecule has 1 aromatic carbocycles. The van der Waals surface area contributed by atoms with Gasteiger partial charge in [-0.05, 0) is 31.0 Å². The van der Waals surface area contributed by atoms with Crippen LogP contribution >= 0.6 is 0 Å². The van der Waals surface area contributed by atoms with Crippen molar-refractivity contribution in [2.75, 3.05) is 19.6 Å². The summed E-state index contributed by atoms with van der Waals surface area (Å²) in [7, 11) is 0. The van der Waals surface area contributed by atoms with Crippen LogP contribution in [0.2, 0.25) is 0 Å². The topological polar surface area (TPSA) is 40.5 Å². The molecule has 1 aliphatic rings. The highest BCUT2D eigenvalue weighted by Gasteiger charge is 2.31. The minimum Gasteiger partial charge on any atom is -0.389 e. The number of likely N-dealkylation sites (tertiary alicyclic amines) is 1. The molecule has 0 radical (unpaired) electrons. The third-order valence-corrected chi connectivity index (χ3v) is 3.25. The van der Waals surface area contributed by atoms with Crippen LogP contribution in [0.3, 0.4) is 0 Å². The SMILES string of the molecule is CC1(O)CCN(CC(=O)Cc2ccc(F)cc2)C1. The van der Waals surface area contributed by atoms with Gasteiger partial charge in [0.1, 0.15) is 5.82 Å². The molecule has 0 bridgehead atoms. The van der Waals surface area contributed by atoms with Crippen LogP contribution in [0.4, 0.5) is 4.39 Å². The van der Waals surface area contributed by atoms with E-state index in [0.29, 0.717) is 25.9 Å². The quantitative estimate of drug-likeness (QED) is 0.879. The molecule has 1 heterocycles. The first-order valence-electron chi connectivity index (χ1n) is 6.15. The van der Waals surface area contributed by atoms with Crippen molar-refractivity contribution in [1.82, 2.24) is 4.90 Å². The molecular weight excluding hydrogens is 233 g/mol. The van der Waals surface area contributed by atoms with Gasteiger partial charge in [0.25, 0.3) is 0 Å². The van der Waals surface area contributed by atoms with Crippen molar-refractivity contribution in [2.24, 2.45) is 0 Å². The number of β-amino-alcohol motifs (C(OH)–C–C–N with tert-alkyl or cyclic N) is 1. The summed E-state index contributed by atoms with van der Waals surface area (Å²) in [5.74, 6) is -0.193. The van der Waals surface area contributed by atoms with Crippen molar-refractivity contribution in [2.45, 2.75) is 25.4 Å². The molecule has 1 unspecified atom stereocenters. The van der Waals surface area contributed by atoms with Crippen LogP contribution in [0.1, 0.15) is 18.9 Å². The van der Waals surface area contributed by atoms with Crippen LogP contribution in [-0.4, -0.2) is 41.0 Å². The smallest absolute Gasteiger partial charge is 0.151 e. The highest BCUT2D eigenvalue weighted by atomic mass is 19.1. The van der Waals surface area contributed by atoms with Gasteiger partial charge < -0.3 is 5.11 Å². The van der Waals surface area contributed by atoms with E-state index in [2.05, 4.69) is 0 Å². The number of halogens is 1. The van der Waals surface area contributed by atoms with Gasteiger partial charge in [-0.3, -0.25) is 9.69 Å². The average molecular weight is 251 g/mol.